The van der Waals surface area contributed by atoms with E-state index < -0.39 is 5.97 Å². The summed E-state index contributed by atoms with van der Waals surface area (Å²) in [6.07, 6.45) is 2.22. The van der Waals surface area contributed by atoms with Crippen LogP contribution in [-0.4, -0.2) is 11.0 Å². The van der Waals surface area contributed by atoms with Gasteiger partial charge in [0.15, 0.2) is 0 Å². The molecule has 0 saturated heterocycles. The summed E-state index contributed by atoms with van der Waals surface area (Å²) in [6.45, 7) is 0. The Kier molecular flexibility index (Phi) is 3.27. The second-order valence-corrected chi connectivity index (χ2v) is 5.23. The van der Waals surface area contributed by atoms with E-state index in [9.17, 15) is 4.79 Å². The lowest BCUT2D eigenvalue weighted by Crippen LogP contribution is -2.15. The predicted molar refractivity (Wildman–Crippen MR) is 85.0 cm³/mol. The van der Waals surface area contributed by atoms with Gasteiger partial charge in [0, 0.05) is 24.2 Å². The fraction of sp³-hybridized carbons (Fsp3) is 0.0526. The Morgan fingerprint density at radius 2 is 1.78 bits per heavy atom. The van der Waals surface area contributed by atoms with Crippen molar-refractivity contribution in [3.05, 3.63) is 83.6 Å². The van der Waals surface area contributed by atoms with Gasteiger partial charge < -0.3 is 9.47 Å². The summed E-state index contributed by atoms with van der Waals surface area (Å²) < 4.78 is 11.2. The fourth-order valence-electron chi connectivity index (χ4n) is 2.65. The molecular formula is C19H13NO3. The van der Waals surface area contributed by atoms with Crippen LogP contribution in [0.5, 0.6) is 17.4 Å². The molecule has 0 bridgehead atoms. The van der Waals surface area contributed by atoms with Gasteiger partial charge in [-0.05, 0) is 29.8 Å². The quantitative estimate of drug-likeness (QED) is 0.525. The molecule has 1 aromatic heterocycles. The largest absolute Gasteiger partial charge is 0.457 e. The fourth-order valence-corrected chi connectivity index (χ4v) is 2.65. The Labute approximate surface area is 133 Å². The molecule has 4 nitrogen and oxygen atoms in total. The lowest BCUT2D eigenvalue weighted by Gasteiger charge is -2.21. The third-order valence-electron chi connectivity index (χ3n) is 3.75. The van der Waals surface area contributed by atoms with Crippen LogP contribution in [0.25, 0.3) is 0 Å². The first-order valence-electron chi connectivity index (χ1n) is 7.32. The normalized spacial score (nSPS) is 11.8. The number of fused-ring (bicyclic) bond motifs is 2. The minimum atomic E-state index is -0.427. The van der Waals surface area contributed by atoms with Crippen molar-refractivity contribution in [1.29, 1.82) is 0 Å². The van der Waals surface area contributed by atoms with Crippen LogP contribution in [0.2, 0.25) is 0 Å². The topological polar surface area (TPSA) is 48.4 Å². The zero-order chi connectivity index (χ0) is 15.6. The number of carbonyl (C=O) groups excluding carboxylic acids is 1. The van der Waals surface area contributed by atoms with Crippen molar-refractivity contribution in [3.63, 3.8) is 0 Å². The molecule has 1 aliphatic rings. The number of hydrogen-bond donors (Lipinski definition) is 0. The molecule has 0 aliphatic carbocycles. The maximum absolute atomic E-state index is 12.5. The van der Waals surface area contributed by atoms with E-state index in [1.807, 2.05) is 30.3 Å². The number of rotatable bonds is 2. The third kappa shape index (κ3) is 2.55. The number of nitrogens with zero attached hydrogens (tertiary/aromatic N) is 1. The van der Waals surface area contributed by atoms with Crippen molar-refractivity contribution in [2.75, 3.05) is 0 Å². The Hall–Kier alpha value is -3.14. The van der Waals surface area contributed by atoms with Crippen LogP contribution in [0, 0.1) is 0 Å². The molecule has 4 rings (SSSR count). The number of pyridine rings is 1. The average Bonchev–Trinajstić information content (AvgIpc) is 2.60. The molecule has 0 spiro atoms. The number of esters is 1. The summed E-state index contributed by atoms with van der Waals surface area (Å²) in [5, 5.41) is 0. The minimum Gasteiger partial charge on any atom is -0.457 e. The van der Waals surface area contributed by atoms with Crippen LogP contribution in [0.3, 0.4) is 0 Å². The highest BCUT2D eigenvalue weighted by atomic mass is 16.5. The van der Waals surface area contributed by atoms with E-state index in [0.29, 0.717) is 17.7 Å². The molecule has 23 heavy (non-hydrogen) atoms. The van der Waals surface area contributed by atoms with Gasteiger partial charge in [-0.15, -0.1) is 0 Å². The number of benzene rings is 2. The Bertz CT molecular complexity index is 875. The summed E-state index contributed by atoms with van der Waals surface area (Å²) in [5.41, 5.74) is 2.40. The van der Waals surface area contributed by atoms with Crippen LogP contribution in [-0.2, 0) is 6.42 Å². The van der Waals surface area contributed by atoms with Gasteiger partial charge in [-0.2, -0.15) is 0 Å². The maximum Gasteiger partial charge on any atom is 0.345 e. The van der Waals surface area contributed by atoms with Gasteiger partial charge in [0.25, 0.3) is 0 Å². The van der Waals surface area contributed by atoms with Crippen molar-refractivity contribution in [2.45, 2.75) is 6.42 Å². The van der Waals surface area contributed by atoms with E-state index in [-0.39, 0.29) is 5.88 Å². The van der Waals surface area contributed by atoms with E-state index in [1.54, 1.807) is 36.5 Å². The lowest BCUT2D eigenvalue weighted by atomic mass is 9.96. The first-order chi connectivity index (χ1) is 11.3. The van der Waals surface area contributed by atoms with E-state index >= 15 is 0 Å². The van der Waals surface area contributed by atoms with E-state index in [4.69, 9.17) is 9.47 Å². The SMILES string of the molecule is O=C(Oc1ccccn1)c1cccc2c1Cc1ccccc1O2. The van der Waals surface area contributed by atoms with Gasteiger partial charge in [-0.1, -0.05) is 30.3 Å². The highest BCUT2D eigenvalue weighted by Crippen LogP contribution is 2.38. The molecule has 2 aromatic carbocycles. The summed E-state index contributed by atoms with van der Waals surface area (Å²) in [7, 11) is 0. The average molecular weight is 303 g/mol. The van der Waals surface area contributed by atoms with Gasteiger partial charge in [0.05, 0.1) is 5.56 Å². The van der Waals surface area contributed by atoms with Crippen LogP contribution in [0.1, 0.15) is 21.5 Å². The maximum atomic E-state index is 12.5. The predicted octanol–water partition coefficient (Wildman–Crippen LogP) is 4.00. The molecule has 0 amide bonds. The number of aromatic nitrogens is 1. The molecule has 0 atom stereocenters. The summed E-state index contributed by atoms with van der Waals surface area (Å²) in [6, 6.07) is 18.4. The van der Waals surface area contributed by atoms with Gasteiger partial charge in [0.2, 0.25) is 5.88 Å². The molecule has 0 unspecified atom stereocenters. The monoisotopic (exact) mass is 303 g/mol. The van der Waals surface area contributed by atoms with E-state index in [2.05, 4.69) is 4.98 Å². The molecule has 1 aliphatic heterocycles. The standard InChI is InChI=1S/C19H13NO3/c21-19(23-18-10-3-4-11-20-18)14-7-5-9-17-15(14)12-13-6-1-2-8-16(13)22-17/h1-11H,12H2. The van der Waals surface area contributed by atoms with E-state index in [1.165, 1.54) is 0 Å². The molecule has 0 N–H and O–H groups in total. The molecule has 2 heterocycles. The summed E-state index contributed by atoms with van der Waals surface area (Å²) in [5.74, 6) is 1.38. The molecule has 4 heteroatoms. The molecular weight excluding hydrogens is 290 g/mol. The van der Waals surface area contributed by atoms with Gasteiger partial charge >= 0.3 is 5.97 Å². The summed E-state index contributed by atoms with van der Waals surface area (Å²) >= 11 is 0. The molecule has 112 valence electrons. The van der Waals surface area contributed by atoms with Crippen LogP contribution in [0.4, 0.5) is 0 Å². The number of carbonyl (C=O) groups is 1. The number of ether oxygens (including phenoxy) is 2. The second-order valence-electron chi connectivity index (χ2n) is 5.23. The first-order valence-corrected chi connectivity index (χ1v) is 7.32. The highest BCUT2D eigenvalue weighted by Gasteiger charge is 2.23. The van der Waals surface area contributed by atoms with Crippen LogP contribution < -0.4 is 9.47 Å². The van der Waals surface area contributed by atoms with Crippen molar-refractivity contribution >= 4 is 5.97 Å². The smallest absolute Gasteiger partial charge is 0.345 e. The van der Waals surface area contributed by atoms with Gasteiger partial charge in [0.1, 0.15) is 11.5 Å². The number of hydrogen-bond acceptors (Lipinski definition) is 4. The lowest BCUT2D eigenvalue weighted by molar-refractivity contribution is 0.0726. The van der Waals surface area contributed by atoms with Gasteiger partial charge in [-0.3, -0.25) is 0 Å². The third-order valence-corrected chi connectivity index (χ3v) is 3.75. The number of para-hydroxylation sites is 1. The highest BCUT2D eigenvalue weighted by molar-refractivity contribution is 5.93. The Balaban J connectivity index is 1.68. The Morgan fingerprint density at radius 3 is 2.65 bits per heavy atom. The van der Waals surface area contributed by atoms with Crippen LogP contribution in [0.15, 0.2) is 66.9 Å². The first kappa shape index (κ1) is 13.5. The van der Waals surface area contributed by atoms with Crippen LogP contribution >= 0.6 is 0 Å². The zero-order valence-electron chi connectivity index (χ0n) is 12.2. The summed E-state index contributed by atoms with van der Waals surface area (Å²) in [4.78, 5) is 16.5. The van der Waals surface area contributed by atoms with E-state index in [0.717, 1.165) is 16.9 Å². The van der Waals surface area contributed by atoms with Crippen molar-refractivity contribution in [2.24, 2.45) is 0 Å². The minimum absolute atomic E-state index is 0.284. The zero-order valence-corrected chi connectivity index (χ0v) is 12.2. The molecule has 0 radical (unpaired) electrons. The van der Waals surface area contributed by atoms with Crippen molar-refractivity contribution in [3.8, 4) is 17.4 Å². The Morgan fingerprint density at radius 1 is 0.957 bits per heavy atom. The molecule has 0 fully saturated rings. The van der Waals surface area contributed by atoms with Gasteiger partial charge in [-0.25, -0.2) is 9.78 Å². The molecule has 3 aromatic rings. The van der Waals surface area contributed by atoms with Crippen molar-refractivity contribution < 1.29 is 14.3 Å². The second kappa shape index (κ2) is 5.57. The molecule has 0 saturated carbocycles. The van der Waals surface area contributed by atoms with Crippen molar-refractivity contribution in [1.82, 2.24) is 4.98 Å².